The Labute approximate surface area is 101 Å². The van der Waals surface area contributed by atoms with Crippen molar-refractivity contribution >= 4 is 12.0 Å². The van der Waals surface area contributed by atoms with Crippen LogP contribution in [0.3, 0.4) is 0 Å². The molecule has 0 atom stereocenters. The van der Waals surface area contributed by atoms with Gasteiger partial charge >= 0.3 is 12.0 Å². The van der Waals surface area contributed by atoms with E-state index >= 15 is 0 Å². The van der Waals surface area contributed by atoms with Crippen LogP contribution in [0.25, 0.3) is 0 Å². The number of carbonyl (C=O) groups excluding carboxylic acids is 1. The number of hydrogen-bond acceptors (Lipinski definition) is 2. The average molecular weight is 240 g/mol. The minimum Gasteiger partial charge on any atom is -0.481 e. The van der Waals surface area contributed by atoms with E-state index in [1.807, 2.05) is 0 Å². The van der Waals surface area contributed by atoms with Gasteiger partial charge in [0.25, 0.3) is 0 Å². The smallest absolute Gasteiger partial charge is 0.317 e. The number of carboxylic acid groups (broad SMARTS) is 1. The van der Waals surface area contributed by atoms with Gasteiger partial charge in [-0.1, -0.05) is 6.92 Å². The summed E-state index contributed by atoms with van der Waals surface area (Å²) in [4.78, 5) is 24.6. The largest absolute Gasteiger partial charge is 0.481 e. The highest BCUT2D eigenvalue weighted by Crippen LogP contribution is 2.45. The lowest BCUT2D eigenvalue weighted by atomic mass is 10.00. The molecule has 0 spiro atoms. The average Bonchev–Trinajstić information content (AvgIpc) is 3.08. The lowest BCUT2D eigenvalue weighted by Crippen LogP contribution is -2.46. The zero-order chi connectivity index (χ0) is 12.5. The molecule has 5 nitrogen and oxygen atoms in total. The van der Waals surface area contributed by atoms with Gasteiger partial charge in [-0.05, 0) is 31.6 Å². The molecule has 1 aliphatic heterocycles. The van der Waals surface area contributed by atoms with Crippen molar-refractivity contribution in [1.29, 1.82) is 0 Å². The van der Waals surface area contributed by atoms with Crippen molar-refractivity contribution in [2.45, 2.75) is 32.6 Å². The van der Waals surface area contributed by atoms with E-state index in [4.69, 9.17) is 5.11 Å². The Bertz CT molecular complexity index is 318. The van der Waals surface area contributed by atoms with Gasteiger partial charge in [-0.15, -0.1) is 0 Å². The fourth-order valence-electron chi connectivity index (χ4n) is 2.19. The zero-order valence-corrected chi connectivity index (χ0v) is 10.2. The van der Waals surface area contributed by atoms with E-state index in [2.05, 4.69) is 12.2 Å². The van der Waals surface area contributed by atoms with Crippen LogP contribution in [-0.2, 0) is 4.79 Å². The number of hydrogen-bond donors (Lipinski definition) is 2. The Balaban J connectivity index is 1.76. The summed E-state index contributed by atoms with van der Waals surface area (Å²) in [6, 6.07) is -0.107. The molecule has 2 N–H and O–H groups in total. The first kappa shape index (κ1) is 12.2. The zero-order valence-electron chi connectivity index (χ0n) is 10.2. The molecule has 2 fully saturated rings. The summed E-state index contributed by atoms with van der Waals surface area (Å²) < 4.78 is 0. The number of urea groups is 1. The molecule has 1 heterocycles. The maximum atomic E-state index is 11.8. The minimum atomic E-state index is -0.787. The second-order valence-electron chi connectivity index (χ2n) is 5.41. The second kappa shape index (κ2) is 4.55. The summed E-state index contributed by atoms with van der Waals surface area (Å²) in [7, 11) is 0. The third-order valence-electron chi connectivity index (χ3n) is 3.96. The first-order valence-electron chi connectivity index (χ1n) is 6.30. The summed E-state index contributed by atoms with van der Waals surface area (Å²) in [5.74, 6) is -0.0992. The first-order chi connectivity index (χ1) is 8.03. The van der Waals surface area contributed by atoms with Crippen molar-refractivity contribution < 1.29 is 14.7 Å². The molecule has 0 aromatic heterocycles. The van der Waals surface area contributed by atoms with Crippen molar-refractivity contribution in [2.24, 2.45) is 11.3 Å². The van der Waals surface area contributed by atoms with Gasteiger partial charge in [-0.2, -0.15) is 0 Å². The Morgan fingerprint density at radius 1 is 1.35 bits per heavy atom. The van der Waals surface area contributed by atoms with Gasteiger partial charge in [0.1, 0.15) is 0 Å². The summed E-state index contributed by atoms with van der Waals surface area (Å²) in [5.41, 5.74) is -0.668. The Morgan fingerprint density at radius 2 is 1.94 bits per heavy atom. The molecule has 1 saturated heterocycles. The third kappa shape index (κ3) is 2.70. The Morgan fingerprint density at radius 3 is 2.41 bits per heavy atom. The van der Waals surface area contributed by atoms with E-state index in [0.717, 1.165) is 25.9 Å². The van der Waals surface area contributed by atoms with Gasteiger partial charge in [0.2, 0.25) is 0 Å². The van der Waals surface area contributed by atoms with E-state index < -0.39 is 11.4 Å². The number of piperidine rings is 1. The van der Waals surface area contributed by atoms with Crippen LogP contribution in [0, 0.1) is 11.3 Å². The summed E-state index contributed by atoms with van der Waals surface area (Å²) in [6.07, 6.45) is 3.44. The number of rotatable bonds is 3. The Kier molecular flexibility index (Phi) is 3.26. The van der Waals surface area contributed by atoms with Crippen molar-refractivity contribution in [3.8, 4) is 0 Å². The molecular weight excluding hydrogens is 220 g/mol. The van der Waals surface area contributed by atoms with Crippen molar-refractivity contribution in [3.05, 3.63) is 0 Å². The molecule has 2 amide bonds. The molecule has 96 valence electrons. The molecule has 5 heteroatoms. The number of carboxylic acids is 1. The van der Waals surface area contributed by atoms with Crippen LogP contribution in [-0.4, -0.2) is 41.6 Å². The fraction of sp³-hybridized carbons (Fsp3) is 0.833. The van der Waals surface area contributed by atoms with Gasteiger partial charge in [0, 0.05) is 19.6 Å². The SMILES string of the molecule is CC1CCN(C(=O)NCC2(C(=O)O)CC2)CC1. The predicted molar refractivity (Wildman–Crippen MR) is 62.7 cm³/mol. The molecule has 0 bridgehead atoms. The third-order valence-corrected chi connectivity index (χ3v) is 3.96. The number of amides is 2. The van der Waals surface area contributed by atoms with Gasteiger partial charge in [-0.25, -0.2) is 4.79 Å². The van der Waals surface area contributed by atoms with Crippen molar-refractivity contribution in [2.75, 3.05) is 19.6 Å². The van der Waals surface area contributed by atoms with Gasteiger partial charge in [-0.3, -0.25) is 4.79 Å². The summed E-state index contributed by atoms with van der Waals surface area (Å²) in [5, 5.41) is 11.8. The van der Waals surface area contributed by atoms with Crippen molar-refractivity contribution in [3.63, 3.8) is 0 Å². The lowest BCUT2D eigenvalue weighted by molar-refractivity contribution is -0.143. The van der Waals surface area contributed by atoms with E-state index in [1.54, 1.807) is 4.90 Å². The first-order valence-corrected chi connectivity index (χ1v) is 6.30. The molecule has 2 aliphatic rings. The molecule has 1 aliphatic carbocycles. The van der Waals surface area contributed by atoms with Gasteiger partial charge in [0.15, 0.2) is 0 Å². The molecule has 0 unspecified atom stereocenters. The minimum absolute atomic E-state index is 0.107. The van der Waals surface area contributed by atoms with E-state index in [-0.39, 0.29) is 12.6 Å². The van der Waals surface area contributed by atoms with Crippen LogP contribution in [0.4, 0.5) is 4.79 Å². The Hall–Kier alpha value is -1.26. The van der Waals surface area contributed by atoms with Gasteiger partial charge < -0.3 is 15.3 Å². The predicted octanol–water partition coefficient (Wildman–Crippen LogP) is 1.29. The monoisotopic (exact) mass is 240 g/mol. The fourth-order valence-corrected chi connectivity index (χ4v) is 2.19. The maximum absolute atomic E-state index is 11.8. The second-order valence-corrected chi connectivity index (χ2v) is 5.41. The van der Waals surface area contributed by atoms with E-state index in [9.17, 15) is 9.59 Å². The van der Waals surface area contributed by atoms with Gasteiger partial charge in [0.05, 0.1) is 5.41 Å². The van der Waals surface area contributed by atoms with Crippen LogP contribution >= 0.6 is 0 Å². The molecule has 0 radical (unpaired) electrons. The number of aliphatic carboxylic acids is 1. The highest BCUT2D eigenvalue weighted by Gasteiger charge is 2.50. The van der Waals surface area contributed by atoms with Crippen LogP contribution < -0.4 is 5.32 Å². The molecule has 2 rings (SSSR count). The highest BCUT2D eigenvalue weighted by molar-refractivity contribution is 5.80. The van der Waals surface area contributed by atoms with E-state index in [1.165, 1.54) is 0 Å². The number of likely N-dealkylation sites (tertiary alicyclic amines) is 1. The quantitative estimate of drug-likeness (QED) is 0.781. The number of nitrogens with one attached hydrogen (secondary N) is 1. The maximum Gasteiger partial charge on any atom is 0.317 e. The molecule has 0 aromatic carbocycles. The molecular formula is C12H20N2O3. The van der Waals surface area contributed by atoms with Crippen LogP contribution in [0.15, 0.2) is 0 Å². The summed E-state index contributed by atoms with van der Waals surface area (Å²) in [6.45, 7) is 4.03. The van der Waals surface area contributed by atoms with Crippen LogP contribution in [0.1, 0.15) is 32.6 Å². The normalized spacial score (nSPS) is 23.2. The summed E-state index contributed by atoms with van der Waals surface area (Å²) >= 11 is 0. The van der Waals surface area contributed by atoms with Crippen LogP contribution in [0.2, 0.25) is 0 Å². The molecule has 1 saturated carbocycles. The van der Waals surface area contributed by atoms with E-state index in [0.29, 0.717) is 18.8 Å². The molecule has 0 aromatic rings. The number of nitrogens with zero attached hydrogens (tertiary/aromatic N) is 1. The van der Waals surface area contributed by atoms with Crippen molar-refractivity contribution in [1.82, 2.24) is 10.2 Å². The molecule has 17 heavy (non-hydrogen) atoms. The lowest BCUT2D eigenvalue weighted by Gasteiger charge is -2.30. The standard InChI is InChI=1S/C12H20N2O3/c1-9-2-6-14(7-3-9)11(17)13-8-12(4-5-12)10(15)16/h9H,2-8H2,1H3,(H,13,17)(H,15,16). The van der Waals surface area contributed by atoms with Crippen LogP contribution in [0.5, 0.6) is 0 Å². The highest BCUT2D eigenvalue weighted by atomic mass is 16.4. The number of carbonyl (C=O) groups is 2. The topological polar surface area (TPSA) is 69.6 Å².